The van der Waals surface area contributed by atoms with Gasteiger partial charge < -0.3 is 14.5 Å². The zero-order chi connectivity index (χ0) is 16.8. The van der Waals surface area contributed by atoms with Gasteiger partial charge in [-0.3, -0.25) is 9.69 Å². The summed E-state index contributed by atoms with van der Waals surface area (Å²) >= 11 is 0. The van der Waals surface area contributed by atoms with E-state index in [4.69, 9.17) is 9.15 Å². The molecule has 1 saturated heterocycles. The third-order valence-electron chi connectivity index (χ3n) is 4.31. The van der Waals surface area contributed by atoms with E-state index in [-0.39, 0.29) is 18.6 Å². The molecule has 0 bridgehead atoms. The minimum atomic E-state index is -0.118. The van der Waals surface area contributed by atoms with Crippen LogP contribution in [0.2, 0.25) is 0 Å². The lowest BCUT2D eigenvalue weighted by Gasteiger charge is -2.26. The predicted molar refractivity (Wildman–Crippen MR) is 91.9 cm³/mol. The molecule has 0 aliphatic carbocycles. The predicted octanol–water partition coefficient (Wildman–Crippen LogP) is 2.92. The number of ether oxygens (including phenoxy) is 1. The van der Waals surface area contributed by atoms with E-state index in [1.165, 1.54) is 12.8 Å². The number of rotatable bonds is 7. The van der Waals surface area contributed by atoms with Crippen LogP contribution in [0.1, 0.15) is 30.2 Å². The van der Waals surface area contributed by atoms with E-state index < -0.39 is 0 Å². The molecule has 1 aromatic heterocycles. The topological polar surface area (TPSA) is 54.7 Å². The van der Waals surface area contributed by atoms with E-state index in [1.54, 1.807) is 6.26 Å². The first kappa shape index (κ1) is 16.6. The Kier molecular flexibility index (Phi) is 5.54. The lowest BCUT2D eigenvalue weighted by Crippen LogP contribution is -2.38. The molecule has 1 amide bonds. The lowest BCUT2D eigenvalue weighted by atomic mass is 10.2. The number of carbonyl (C=O) groups excluding carboxylic acids is 1. The van der Waals surface area contributed by atoms with Gasteiger partial charge in [-0.1, -0.05) is 12.1 Å². The van der Waals surface area contributed by atoms with Crippen LogP contribution in [0.15, 0.2) is 47.1 Å². The van der Waals surface area contributed by atoms with Crippen molar-refractivity contribution in [2.75, 3.05) is 26.2 Å². The zero-order valence-electron chi connectivity index (χ0n) is 14.0. The largest absolute Gasteiger partial charge is 0.484 e. The second-order valence-electron chi connectivity index (χ2n) is 6.18. The van der Waals surface area contributed by atoms with Crippen LogP contribution in [0.25, 0.3) is 0 Å². The molecule has 128 valence electrons. The normalized spacial score (nSPS) is 16.0. The van der Waals surface area contributed by atoms with Gasteiger partial charge in [0.05, 0.1) is 12.3 Å². The van der Waals surface area contributed by atoms with Crippen molar-refractivity contribution >= 4 is 5.91 Å². The molecule has 0 saturated carbocycles. The highest BCUT2D eigenvalue weighted by molar-refractivity contribution is 5.77. The number of hydrogen-bond acceptors (Lipinski definition) is 4. The summed E-state index contributed by atoms with van der Waals surface area (Å²) < 4.78 is 11.1. The quantitative estimate of drug-likeness (QED) is 0.849. The SMILES string of the molecule is Cc1cccc(OCC(=O)NC[C@H](c2ccco2)N2CCCC2)c1. The number of likely N-dealkylation sites (tertiary alicyclic amines) is 1. The van der Waals surface area contributed by atoms with E-state index in [2.05, 4.69) is 10.2 Å². The Labute approximate surface area is 142 Å². The van der Waals surface area contributed by atoms with E-state index in [9.17, 15) is 4.79 Å². The second kappa shape index (κ2) is 8.02. The molecule has 0 radical (unpaired) electrons. The molecule has 24 heavy (non-hydrogen) atoms. The van der Waals surface area contributed by atoms with Crippen LogP contribution in [0.5, 0.6) is 5.75 Å². The molecular weight excluding hydrogens is 304 g/mol. The Hall–Kier alpha value is -2.27. The summed E-state index contributed by atoms with van der Waals surface area (Å²) in [4.78, 5) is 14.5. The molecule has 1 N–H and O–H groups in total. The Morgan fingerprint density at radius 1 is 1.29 bits per heavy atom. The molecule has 2 aromatic rings. The van der Waals surface area contributed by atoms with Gasteiger partial charge in [0.15, 0.2) is 6.61 Å². The number of carbonyl (C=O) groups is 1. The van der Waals surface area contributed by atoms with Gasteiger partial charge in [0.2, 0.25) is 0 Å². The molecular formula is C19H24N2O3. The van der Waals surface area contributed by atoms with Crippen LogP contribution in [0.3, 0.4) is 0 Å². The third-order valence-corrected chi connectivity index (χ3v) is 4.31. The maximum absolute atomic E-state index is 12.1. The van der Waals surface area contributed by atoms with Gasteiger partial charge in [-0.25, -0.2) is 0 Å². The van der Waals surface area contributed by atoms with Crippen LogP contribution in [-0.4, -0.2) is 37.0 Å². The van der Waals surface area contributed by atoms with Crippen LogP contribution in [0, 0.1) is 6.92 Å². The summed E-state index contributed by atoms with van der Waals surface area (Å²) in [7, 11) is 0. The average Bonchev–Trinajstić information content (AvgIpc) is 3.27. The maximum Gasteiger partial charge on any atom is 0.258 e. The first-order valence-corrected chi connectivity index (χ1v) is 8.46. The smallest absolute Gasteiger partial charge is 0.258 e. The monoisotopic (exact) mass is 328 g/mol. The van der Waals surface area contributed by atoms with Crippen molar-refractivity contribution in [2.24, 2.45) is 0 Å². The van der Waals surface area contributed by atoms with Gasteiger partial charge in [0, 0.05) is 6.54 Å². The Bertz CT molecular complexity index is 648. The highest BCUT2D eigenvalue weighted by Gasteiger charge is 2.25. The second-order valence-corrected chi connectivity index (χ2v) is 6.18. The van der Waals surface area contributed by atoms with Crippen molar-refractivity contribution in [3.05, 3.63) is 54.0 Å². The molecule has 2 heterocycles. The molecule has 5 heteroatoms. The van der Waals surface area contributed by atoms with Crippen molar-refractivity contribution in [3.8, 4) is 5.75 Å². The van der Waals surface area contributed by atoms with Crippen molar-refractivity contribution in [1.82, 2.24) is 10.2 Å². The molecule has 0 spiro atoms. The molecule has 1 atom stereocenters. The first-order chi connectivity index (χ1) is 11.7. The molecule has 5 nitrogen and oxygen atoms in total. The highest BCUT2D eigenvalue weighted by Crippen LogP contribution is 2.24. The van der Waals surface area contributed by atoms with E-state index >= 15 is 0 Å². The zero-order valence-corrected chi connectivity index (χ0v) is 14.0. The van der Waals surface area contributed by atoms with Crippen LogP contribution < -0.4 is 10.1 Å². The van der Waals surface area contributed by atoms with E-state index in [0.717, 1.165) is 24.4 Å². The molecule has 1 aliphatic rings. The van der Waals surface area contributed by atoms with Gasteiger partial charge in [-0.15, -0.1) is 0 Å². The number of nitrogens with one attached hydrogen (secondary N) is 1. The lowest BCUT2D eigenvalue weighted by molar-refractivity contribution is -0.123. The number of benzene rings is 1. The standard InChI is InChI=1S/C19H24N2O3/c1-15-6-4-7-16(12-15)24-14-19(22)20-13-17(18-8-5-11-23-18)21-9-2-3-10-21/h4-8,11-12,17H,2-3,9-10,13-14H2,1H3,(H,20,22)/t17-/m1/s1. The van der Waals surface area contributed by atoms with Gasteiger partial charge in [-0.05, 0) is 62.7 Å². The molecule has 1 aromatic carbocycles. The van der Waals surface area contributed by atoms with Crippen LogP contribution in [-0.2, 0) is 4.79 Å². The number of aryl methyl sites for hydroxylation is 1. The minimum absolute atomic E-state index is 0.0222. The fourth-order valence-electron chi connectivity index (χ4n) is 3.06. The summed E-state index contributed by atoms with van der Waals surface area (Å²) in [5.41, 5.74) is 1.11. The van der Waals surface area contributed by atoms with Crippen molar-refractivity contribution in [1.29, 1.82) is 0 Å². The Morgan fingerprint density at radius 2 is 2.12 bits per heavy atom. The number of nitrogens with zero attached hydrogens (tertiary/aromatic N) is 1. The number of amides is 1. The van der Waals surface area contributed by atoms with Crippen molar-refractivity contribution in [2.45, 2.75) is 25.8 Å². The van der Waals surface area contributed by atoms with Crippen molar-refractivity contribution < 1.29 is 13.9 Å². The number of furan rings is 1. The molecule has 3 rings (SSSR count). The van der Waals surface area contributed by atoms with Crippen LogP contribution >= 0.6 is 0 Å². The summed E-state index contributed by atoms with van der Waals surface area (Å²) in [5, 5.41) is 2.97. The van der Waals surface area contributed by atoms with Gasteiger partial charge in [0.25, 0.3) is 5.91 Å². The van der Waals surface area contributed by atoms with E-state index in [1.807, 2.05) is 43.3 Å². The Morgan fingerprint density at radius 3 is 2.83 bits per heavy atom. The van der Waals surface area contributed by atoms with E-state index in [0.29, 0.717) is 12.3 Å². The molecule has 0 unspecified atom stereocenters. The van der Waals surface area contributed by atoms with Crippen LogP contribution in [0.4, 0.5) is 0 Å². The Balaban J connectivity index is 1.51. The highest BCUT2D eigenvalue weighted by atomic mass is 16.5. The maximum atomic E-state index is 12.1. The minimum Gasteiger partial charge on any atom is -0.484 e. The molecule has 1 aliphatic heterocycles. The summed E-state index contributed by atoms with van der Waals surface area (Å²) in [6.07, 6.45) is 4.07. The van der Waals surface area contributed by atoms with Gasteiger partial charge in [0.1, 0.15) is 11.5 Å². The fraction of sp³-hybridized carbons (Fsp3) is 0.421. The van der Waals surface area contributed by atoms with Crippen molar-refractivity contribution in [3.63, 3.8) is 0 Å². The number of hydrogen-bond donors (Lipinski definition) is 1. The van der Waals surface area contributed by atoms with Gasteiger partial charge >= 0.3 is 0 Å². The third kappa shape index (κ3) is 4.38. The van der Waals surface area contributed by atoms with Gasteiger partial charge in [-0.2, -0.15) is 0 Å². The average molecular weight is 328 g/mol. The summed E-state index contributed by atoms with van der Waals surface area (Å²) in [6, 6.07) is 11.6. The fourth-order valence-corrected chi connectivity index (χ4v) is 3.06. The molecule has 1 fully saturated rings. The first-order valence-electron chi connectivity index (χ1n) is 8.46. The summed E-state index contributed by atoms with van der Waals surface area (Å²) in [5.74, 6) is 1.50. The summed E-state index contributed by atoms with van der Waals surface area (Å²) in [6.45, 7) is 4.64.